The number of hydrogen-bond acceptors (Lipinski definition) is 2. The molecule has 30 heavy (non-hydrogen) atoms. The molecule has 0 spiro atoms. The van der Waals surface area contributed by atoms with E-state index in [1.54, 1.807) is 24.3 Å². The van der Waals surface area contributed by atoms with Crippen LogP contribution in [-0.4, -0.2) is 15.5 Å². The van der Waals surface area contributed by atoms with E-state index in [4.69, 9.17) is 51.4 Å². The predicted octanol–water partition coefficient (Wildman–Crippen LogP) is 6.88. The van der Waals surface area contributed by atoms with Crippen LogP contribution >= 0.6 is 46.4 Å². The number of para-hydroxylation sites is 2. The normalized spacial score (nSPS) is 11.1. The number of fused-ring (bicyclic) bond motifs is 1. The molecule has 0 aliphatic heterocycles. The Balaban J connectivity index is 1.64. The van der Waals surface area contributed by atoms with Crippen LogP contribution < -0.4 is 5.32 Å². The molecule has 0 unspecified atom stereocenters. The number of hydrogen-bond donors (Lipinski definition) is 1. The molecular formula is C22H15Cl4N3O. The molecule has 0 aliphatic carbocycles. The zero-order valence-electron chi connectivity index (χ0n) is 15.5. The van der Waals surface area contributed by atoms with E-state index in [1.165, 1.54) is 0 Å². The first-order chi connectivity index (χ1) is 14.4. The monoisotopic (exact) mass is 477 g/mol. The number of imidazole rings is 1. The molecule has 0 atom stereocenters. The Morgan fingerprint density at radius 1 is 0.900 bits per heavy atom. The first-order valence-corrected chi connectivity index (χ1v) is 10.5. The highest BCUT2D eigenvalue weighted by atomic mass is 35.5. The summed E-state index contributed by atoms with van der Waals surface area (Å²) in [7, 11) is 0. The van der Waals surface area contributed by atoms with E-state index in [0.717, 1.165) is 22.4 Å². The van der Waals surface area contributed by atoms with Crippen molar-refractivity contribution < 1.29 is 4.79 Å². The molecule has 0 fully saturated rings. The van der Waals surface area contributed by atoms with Gasteiger partial charge in [-0.05, 0) is 48.0 Å². The van der Waals surface area contributed by atoms with Gasteiger partial charge in [-0.1, -0.05) is 64.6 Å². The summed E-state index contributed by atoms with van der Waals surface area (Å²) in [5, 5.41) is 4.71. The zero-order chi connectivity index (χ0) is 21.3. The summed E-state index contributed by atoms with van der Waals surface area (Å²) in [6.07, 6.45) is 0.502. The predicted molar refractivity (Wildman–Crippen MR) is 124 cm³/mol. The number of nitrogens with one attached hydrogen (secondary N) is 1. The van der Waals surface area contributed by atoms with Gasteiger partial charge < -0.3 is 9.88 Å². The summed E-state index contributed by atoms with van der Waals surface area (Å²) < 4.78 is 1.89. The van der Waals surface area contributed by atoms with Crippen LogP contribution in [0.4, 0.5) is 5.69 Å². The van der Waals surface area contributed by atoms with Crippen LogP contribution in [0, 0.1) is 0 Å². The summed E-state index contributed by atoms with van der Waals surface area (Å²) in [6.45, 7) is 0.0846. The van der Waals surface area contributed by atoms with Gasteiger partial charge in [-0.3, -0.25) is 4.79 Å². The number of carbonyl (C=O) groups excluding carboxylic acids is 1. The van der Waals surface area contributed by atoms with Crippen molar-refractivity contribution in [2.75, 3.05) is 5.32 Å². The van der Waals surface area contributed by atoms with Gasteiger partial charge in [0.1, 0.15) is 12.4 Å². The van der Waals surface area contributed by atoms with Crippen LogP contribution in [0.3, 0.4) is 0 Å². The molecule has 4 aromatic rings. The third-order valence-corrected chi connectivity index (χ3v) is 5.70. The lowest BCUT2D eigenvalue weighted by Gasteiger charge is -2.11. The standard InChI is InChI=1S/C22H15Cl4N3O/c23-14-9-15(24)11-16(10-14)27-22(30)12-29-20-4-2-1-3-19(20)28-21(29)8-13-5-6-17(25)18(26)7-13/h1-7,9-11H,8,12H2,(H,27,30). The van der Waals surface area contributed by atoms with Crippen LogP contribution in [0.5, 0.6) is 0 Å². The first kappa shape index (κ1) is 21.0. The van der Waals surface area contributed by atoms with Crippen molar-refractivity contribution in [1.82, 2.24) is 9.55 Å². The van der Waals surface area contributed by atoms with Gasteiger partial charge in [0.25, 0.3) is 0 Å². The molecule has 0 saturated carbocycles. The van der Waals surface area contributed by atoms with Gasteiger partial charge in [0.2, 0.25) is 5.91 Å². The number of rotatable bonds is 5. The maximum absolute atomic E-state index is 12.8. The SMILES string of the molecule is O=C(Cn1c(Cc2ccc(Cl)c(Cl)c2)nc2ccccc21)Nc1cc(Cl)cc(Cl)c1. The quantitative estimate of drug-likeness (QED) is 0.339. The van der Waals surface area contributed by atoms with Gasteiger partial charge >= 0.3 is 0 Å². The Kier molecular flexibility index (Phi) is 6.21. The lowest BCUT2D eigenvalue weighted by molar-refractivity contribution is -0.116. The van der Waals surface area contributed by atoms with Crippen molar-refractivity contribution in [1.29, 1.82) is 0 Å². The summed E-state index contributed by atoms with van der Waals surface area (Å²) in [5.41, 5.74) is 3.16. The molecule has 8 heteroatoms. The van der Waals surface area contributed by atoms with Crippen molar-refractivity contribution in [3.63, 3.8) is 0 Å². The minimum absolute atomic E-state index is 0.0846. The van der Waals surface area contributed by atoms with Gasteiger partial charge in [-0.25, -0.2) is 4.98 Å². The van der Waals surface area contributed by atoms with Crippen LogP contribution in [0.15, 0.2) is 60.7 Å². The first-order valence-electron chi connectivity index (χ1n) is 9.03. The van der Waals surface area contributed by atoms with E-state index in [9.17, 15) is 4.79 Å². The van der Waals surface area contributed by atoms with E-state index >= 15 is 0 Å². The minimum Gasteiger partial charge on any atom is -0.324 e. The highest BCUT2D eigenvalue weighted by Gasteiger charge is 2.15. The molecule has 1 aromatic heterocycles. The molecule has 4 rings (SSSR count). The number of carbonyl (C=O) groups is 1. The Hall–Kier alpha value is -2.24. The van der Waals surface area contributed by atoms with Crippen molar-refractivity contribution in [3.8, 4) is 0 Å². The number of aromatic nitrogens is 2. The lowest BCUT2D eigenvalue weighted by atomic mass is 10.1. The van der Waals surface area contributed by atoms with E-state index < -0.39 is 0 Å². The highest BCUT2D eigenvalue weighted by Crippen LogP contribution is 2.26. The molecule has 0 aliphatic rings. The third kappa shape index (κ3) is 4.73. The van der Waals surface area contributed by atoms with Gasteiger partial charge in [0.15, 0.2) is 0 Å². The summed E-state index contributed by atoms with van der Waals surface area (Å²) in [6, 6.07) is 18.0. The number of amides is 1. The molecule has 1 amide bonds. The molecule has 0 saturated heterocycles. The second-order valence-corrected chi connectivity index (χ2v) is 8.42. The van der Waals surface area contributed by atoms with Gasteiger partial charge in [-0.15, -0.1) is 0 Å². The smallest absolute Gasteiger partial charge is 0.244 e. The average molecular weight is 479 g/mol. The number of benzene rings is 3. The number of halogens is 4. The van der Waals surface area contributed by atoms with Crippen LogP contribution in [0.1, 0.15) is 11.4 Å². The van der Waals surface area contributed by atoms with Crippen molar-refractivity contribution in [3.05, 3.63) is 92.1 Å². The maximum atomic E-state index is 12.8. The van der Waals surface area contributed by atoms with Gasteiger partial charge in [-0.2, -0.15) is 0 Å². The second-order valence-electron chi connectivity index (χ2n) is 6.73. The Morgan fingerprint density at radius 3 is 2.37 bits per heavy atom. The third-order valence-electron chi connectivity index (χ3n) is 4.53. The van der Waals surface area contributed by atoms with Crippen molar-refractivity contribution in [2.45, 2.75) is 13.0 Å². The van der Waals surface area contributed by atoms with Crippen LogP contribution in [-0.2, 0) is 17.8 Å². The maximum Gasteiger partial charge on any atom is 0.244 e. The Bertz CT molecular complexity index is 1230. The fraction of sp³-hybridized carbons (Fsp3) is 0.0909. The number of nitrogens with zero attached hydrogens (tertiary/aromatic N) is 2. The zero-order valence-corrected chi connectivity index (χ0v) is 18.5. The Morgan fingerprint density at radius 2 is 1.63 bits per heavy atom. The molecule has 152 valence electrons. The average Bonchev–Trinajstić information content (AvgIpc) is 3.01. The van der Waals surface area contributed by atoms with Crippen LogP contribution in [0.25, 0.3) is 11.0 Å². The number of anilines is 1. The molecule has 1 heterocycles. The fourth-order valence-electron chi connectivity index (χ4n) is 3.24. The van der Waals surface area contributed by atoms with E-state index in [2.05, 4.69) is 5.32 Å². The fourth-order valence-corrected chi connectivity index (χ4v) is 4.09. The summed E-state index contributed by atoms with van der Waals surface area (Å²) >= 11 is 24.2. The topological polar surface area (TPSA) is 46.9 Å². The molecular weight excluding hydrogens is 464 g/mol. The lowest BCUT2D eigenvalue weighted by Crippen LogP contribution is -2.20. The Labute approximate surface area is 193 Å². The largest absolute Gasteiger partial charge is 0.324 e. The van der Waals surface area contributed by atoms with E-state index in [-0.39, 0.29) is 12.5 Å². The van der Waals surface area contributed by atoms with Crippen molar-refractivity contribution >= 4 is 69.0 Å². The second kappa shape index (κ2) is 8.86. The van der Waals surface area contributed by atoms with E-state index in [0.29, 0.717) is 32.2 Å². The van der Waals surface area contributed by atoms with Gasteiger partial charge in [0, 0.05) is 22.2 Å². The molecule has 0 bridgehead atoms. The molecule has 1 N–H and O–H groups in total. The molecule has 4 nitrogen and oxygen atoms in total. The summed E-state index contributed by atoms with van der Waals surface area (Å²) in [4.78, 5) is 17.5. The van der Waals surface area contributed by atoms with Crippen molar-refractivity contribution in [2.24, 2.45) is 0 Å². The van der Waals surface area contributed by atoms with Gasteiger partial charge in [0.05, 0.1) is 21.1 Å². The van der Waals surface area contributed by atoms with Crippen LogP contribution in [0.2, 0.25) is 20.1 Å². The minimum atomic E-state index is -0.216. The highest BCUT2D eigenvalue weighted by molar-refractivity contribution is 6.42. The molecule has 3 aromatic carbocycles. The van der Waals surface area contributed by atoms with E-state index in [1.807, 2.05) is 41.0 Å². The summed E-state index contributed by atoms with van der Waals surface area (Å²) in [5.74, 6) is 0.528. The molecule has 0 radical (unpaired) electrons.